The van der Waals surface area contributed by atoms with E-state index in [-0.39, 0.29) is 12.1 Å². The van der Waals surface area contributed by atoms with E-state index in [0.717, 1.165) is 19.4 Å². The number of ether oxygens (including phenoxy) is 1. The van der Waals surface area contributed by atoms with E-state index in [0.29, 0.717) is 0 Å². The third-order valence-electron chi connectivity index (χ3n) is 2.21. The molecule has 1 aliphatic heterocycles. The number of hydrogen-bond acceptors (Lipinski definition) is 2. The van der Waals surface area contributed by atoms with Crippen LogP contribution < -0.4 is 5.73 Å². The first-order chi connectivity index (χ1) is 5.84. The first-order valence-electron chi connectivity index (χ1n) is 4.61. The number of rotatable bonds is 2. The van der Waals surface area contributed by atoms with Gasteiger partial charge < -0.3 is 10.5 Å². The van der Waals surface area contributed by atoms with Crippen LogP contribution in [0.5, 0.6) is 0 Å². The molecule has 2 N–H and O–H groups in total. The topological polar surface area (TPSA) is 35.2 Å². The van der Waals surface area contributed by atoms with Crippen molar-refractivity contribution < 1.29 is 4.74 Å². The summed E-state index contributed by atoms with van der Waals surface area (Å²) in [6.07, 6.45) is 4.55. The van der Waals surface area contributed by atoms with Gasteiger partial charge in [-0.1, -0.05) is 0 Å². The fraction of sp³-hybridized carbons (Fsp3) is 0.800. The number of nitrogens with two attached hydrogens (primary N) is 1. The second kappa shape index (κ2) is 5.18. The summed E-state index contributed by atoms with van der Waals surface area (Å²) in [5.74, 6) is 5.84. The van der Waals surface area contributed by atoms with E-state index < -0.39 is 0 Å². The van der Waals surface area contributed by atoms with Crippen molar-refractivity contribution in [2.24, 2.45) is 5.73 Å². The van der Waals surface area contributed by atoms with Crippen LogP contribution in [0.15, 0.2) is 0 Å². The molecule has 0 aromatic rings. The lowest BCUT2D eigenvalue weighted by atomic mass is 10.0. The lowest BCUT2D eigenvalue weighted by Gasteiger charge is -2.26. The smallest absolute Gasteiger partial charge is 0.0735 e. The summed E-state index contributed by atoms with van der Waals surface area (Å²) in [5, 5.41) is 0. The first kappa shape index (κ1) is 9.57. The first-order valence-corrected chi connectivity index (χ1v) is 4.61. The highest BCUT2D eigenvalue weighted by molar-refractivity contribution is 4.99. The molecule has 0 spiro atoms. The Hall–Kier alpha value is -0.520. The Morgan fingerprint density at radius 1 is 1.58 bits per heavy atom. The molecule has 12 heavy (non-hydrogen) atoms. The molecule has 0 aromatic heterocycles. The van der Waals surface area contributed by atoms with Gasteiger partial charge in [0.05, 0.1) is 6.10 Å². The van der Waals surface area contributed by atoms with Crippen molar-refractivity contribution in [3.05, 3.63) is 0 Å². The van der Waals surface area contributed by atoms with Gasteiger partial charge in [0.15, 0.2) is 0 Å². The summed E-state index contributed by atoms with van der Waals surface area (Å²) in [6.45, 7) is 2.71. The van der Waals surface area contributed by atoms with Crippen LogP contribution >= 0.6 is 0 Å². The molecule has 0 aromatic carbocycles. The molecule has 2 heteroatoms. The van der Waals surface area contributed by atoms with Crippen molar-refractivity contribution in [2.75, 3.05) is 6.61 Å². The summed E-state index contributed by atoms with van der Waals surface area (Å²) < 4.78 is 5.54. The molecule has 0 saturated carbocycles. The van der Waals surface area contributed by atoms with Gasteiger partial charge in [-0.3, -0.25) is 0 Å². The molecule has 1 aliphatic rings. The Balaban J connectivity index is 2.27. The van der Waals surface area contributed by atoms with Crippen molar-refractivity contribution >= 4 is 0 Å². The average Bonchev–Trinajstić information content (AvgIpc) is 2.15. The molecule has 1 fully saturated rings. The maximum absolute atomic E-state index is 5.91. The molecular formula is C10H17NO. The molecule has 1 heterocycles. The van der Waals surface area contributed by atoms with Gasteiger partial charge in [0.25, 0.3) is 0 Å². The van der Waals surface area contributed by atoms with Crippen LogP contribution in [-0.4, -0.2) is 18.8 Å². The van der Waals surface area contributed by atoms with E-state index in [1.54, 1.807) is 0 Å². The van der Waals surface area contributed by atoms with Crippen LogP contribution in [0.25, 0.3) is 0 Å². The van der Waals surface area contributed by atoms with Crippen LogP contribution in [0.1, 0.15) is 32.6 Å². The van der Waals surface area contributed by atoms with Crippen molar-refractivity contribution in [1.29, 1.82) is 0 Å². The minimum atomic E-state index is 0.109. The fourth-order valence-electron chi connectivity index (χ4n) is 1.45. The quantitative estimate of drug-likeness (QED) is 0.629. The lowest BCUT2D eigenvalue weighted by molar-refractivity contribution is 0.00151. The monoisotopic (exact) mass is 167 g/mol. The zero-order chi connectivity index (χ0) is 8.81. The Bertz CT molecular complexity index is 174. The van der Waals surface area contributed by atoms with E-state index in [9.17, 15) is 0 Å². The molecule has 0 amide bonds. The lowest BCUT2D eigenvalue weighted by Crippen LogP contribution is -2.38. The van der Waals surface area contributed by atoms with E-state index >= 15 is 0 Å². The van der Waals surface area contributed by atoms with Crippen LogP contribution in [0.4, 0.5) is 0 Å². The molecule has 0 radical (unpaired) electrons. The van der Waals surface area contributed by atoms with Crippen molar-refractivity contribution in [3.63, 3.8) is 0 Å². The summed E-state index contributed by atoms with van der Waals surface area (Å²) >= 11 is 0. The molecule has 1 saturated heterocycles. The zero-order valence-corrected chi connectivity index (χ0v) is 7.68. The van der Waals surface area contributed by atoms with Gasteiger partial charge in [-0.2, -0.15) is 0 Å². The molecule has 68 valence electrons. The third-order valence-corrected chi connectivity index (χ3v) is 2.21. The predicted molar refractivity (Wildman–Crippen MR) is 49.6 cm³/mol. The molecule has 2 unspecified atom stereocenters. The minimum absolute atomic E-state index is 0.109. The van der Waals surface area contributed by atoms with Crippen molar-refractivity contribution in [3.8, 4) is 11.8 Å². The second-order valence-corrected chi connectivity index (χ2v) is 3.20. The summed E-state index contributed by atoms with van der Waals surface area (Å²) in [6, 6.07) is 0.109. The molecule has 2 atom stereocenters. The summed E-state index contributed by atoms with van der Waals surface area (Å²) in [7, 11) is 0. The van der Waals surface area contributed by atoms with Gasteiger partial charge in [0.1, 0.15) is 0 Å². The van der Waals surface area contributed by atoms with Gasteiger partial charge in [-0.15, -0.1) is 11.8 Å². The van der Waals surface area contributed by atoms with Crippen LogP contribution in [0.2, 0.25) is 0 Å². The van der Waals surface area contributed by atoms with Gasteiger partial charge in [-0.25, -0.2) is 0 Å². The van der Waals surface area contributed by atoms with Crippen LogP contribution in [0, 0.1) is 11.8 Å². The van der Waals surface area contributed by atoms with Gasteiger partial charge in [-0.05, 0) is 26.2 Å². The van der Waals surface area contributed by atoms with E-state index in [1.165, 1.54) is 12.8 Å². The molecule has 0 bridgehead atoms. The Kier molecular flexibility index (Phi) is 4.13. The van der Waals surface area contributed by atoms with E-state index in [4.69, 9.17) is 10.5 Å². The summed E-state index contributed by atoms with van der Waals surface area (Å²) in [5.41, 5.74) is 5.91. The highest BCUT2D eigenvalue weighted by Gasteiger charge is 2.19. The highest BCUT2D eigenvalue weighted by Crippen LogP contribution is 2.15. The van der Waals surface area contributed by atoms with Gasteiger partial charge >= 0.3 is 0 Å². The van der Waals surface area contributed by atoms with Crippen LogP contribution in [0.3, 0.4) is 0 Å². The second-order valence-electron chi connectivity index (χ2n) is 3.20. The SMILES string of the molecule is CC#CCC(N)C1CCCCO1. The van der Waals surface area contributed by atoms with Crippen molar-refractivity contribution in [1.82, 2.24) is 0 Å². The third kappa shape index (κ3) is 2.84. The van der Waals surface area contributed by atoms with Gasteiger partial charge in [0.2, 0.25) is 0 Å². The predicted octanol–water partition coefficient (Wildman–Crippen LogP) is 1.30. The van der Waals surface area contributed by atoms with Gasteiger partial charge in [0, 0.05) is 19.1 Å². The zero-order valence-electron chi connectivity index (χ0n) is 7.68. The van der Waals surface area contributed by atoms with Crippen LogP contribution in [-0.2, 0) is 4.74 Å². The Morgan fingerprint density at radius 3 is 3.00 bits per heavy atom. The van der Waals surface area contributed by atoms with E-state index in [2.05, 4.69) is 11.8 Å². The average molecular weight is 167 g/mol. The Morgan fingerprint density at radius 2 is 2.42 bits per heavy atom. The summed E-state index contributed by atoms with van der Waals surface area (Å²) in [4.78, 5) is 0. The minimum Gasteiger partial charge on any atom is -0.377 e. The maximum atomic E-state index is 5.91. The standard InChI is InChI=1S/C10H17NO/c1-2-3-6-9(11)10-7-4-5-8-12-10/h9-10H,4-8,11H2,1H3. The molecular weight excluding hydrogens is 150 g/mol. The normalized spacial score (nSPS) is 25.7. The number of hydrogen-bond donors (Lipinski definition) is 1. The Labute approximate surface area is 74.5 Å². The molecule has 1 rings (SSSR count). The largest absolute Gasteiger partial charge is 0.377 e. The fourth-order valence-corrected chi connectivity index (χ4v) is 1.45. The van der Waals surface area contributed by atoms with Crippen molar-refractivity contribution in [2.45, 2.75) is 44.8 Å². The van der Waals surface area contributed by atoms with E-state index in [1.807, 2.05) is 6.92 Å². The maximum Gasteiger partial charge on any atom is 0.0735 e. The molecule has 2 nitrogen and oxygen atoms in total. The highest BCUT2D eigenvalue weighted by atomic mass is 16.5. The molecule has 0 aliphatic carbocycles.